The topological polar surface area (TPSA) is 46.5 Å². The number of phenolic OH excluding ortho intramolecular Hbond substituents is 1. The highest BCUT2D eigenvalue weighted by atomic mass is 28.4. The monoisotopic (exact) mass is 396 g/mol. The Morgan fingerprint density at radius 3 is 1.38 bits per heavy atom. The molecule has 0 saturated carbocycles. The van der Waals surface area contributed by atoms with E-state index in [0.717, 1.165) is 15.6 Å². The summed E-state index contributed by atoms with van der Waals surface area (Å²) in [4.78, 5) is 13.3. The molecule has 0 unspecified atom stereocenters. The van der Waals surface area contributed by atoms with Crippen LogP contribution in [0.15, 0.2) is 115 Å². The zero-order chi connectivity index (χ0) is 20.1. The molecule has 0 aliphatic heterocycles. The van der Waals surface area contributed by atoms with E-state index in [-0.39, 0.29) is 11.3 Å². The van der Waals surface area contributed by atoms with Gasteiger partial charge in [-0.25, -0.2) is 4.79 Å². The summed E-state index contributed by atoms with van der Waals surface area (Å²) in [5.74, 6) is -0.624. The molecule has 0 bridgehead atoms. The molecule has 0 heterocycles. The van der Waals surface area contributed by atoms with Gasteiger partial charge in [-0.05, 0) is 27.7 Å². The van der Waals surface area contributed by atoms with E-state index in [1.807, 2.05) is 91.0 Å². The molecule has 4 aromatic rings. The molecule has 142 valence electrons. The van der Waals surface area contributed by atoms with Gasteiger partial charge < -0.3 is 9.53 Å². The van der Waals surface area contributed by atoms with Crippen LogP contribution in [-0.4, -0.2) is 19.4 Å². The van der Waals surface area contributed by atoms with Crippen LogP contribution in [0.4, 0.5) is 0 Å². The number of hydrogen-bond donors (Lipinski definition) is 1. The van der Waals surface area contributed by atoms with Gasteiger partial charge in [0.25, 0.3) is 0 Å². The van der Waals surface area contributed by atoms with E-state index in [1.165, 1.54) is 6.07 Å². The standard InChI is InChI=1S/C25H20O3Si/c26-24-19-11-10-18-23(24)25(27)28-29(20-12-4-1-5-13-20,21-14-6-2-7-15-21)22-16-8-3-9-17-22/h1-19,26H. The van der Waals surface area contributed by atoms with Gasteiger partial charge in [-0.15, -0.1) is 0 Å². The summed E-state index contributed by atoms with van der Waals surface area (Å²) in [5.41, 5.74) is 0.159. The van der Waals surface area contributed by atoms with Crippen LogP contribution in [0.3, 0.4) is 0 Å². The van der Waals surface area contributed by atoms with Gasteiger partial charge in [-0.1, -0.05) is 103 Å². The molecule has 0 aliphatic rings. The normalized spacial score (nSPS) is 11.0. The Kier molecular flexibility index (Phi) is 5.27. The fourth-order valence-electron chi connectivity index (χ4n) is 3.54. The van der Waals surface area contributed by atoms with Crippen LogP contribution in [0.5, 0.6) is 5.75 Å². The lowest BCUT2D eigenvalue weighted by atomic mass is 10.2. The van der Waals surface area contributed by atoms with E-state index < -0.39 is 14.3 Å². The fourth-order valence-corrected chi connectivity index (χ4v) is 7.26. The molecular formula is C25H20O3Si. The second-order valence-corrected chi connectivity index (χ2v) is 9.98. The highest BCUT2D eigenvalue weighted by Gasteiger charge is 2.45. The molecule has 4 aromatic carbocycles. The Hall–Kier alpha value is -3.63. The average Bonchev–Trinajstić information content (AvgIpc) is 2.79. The number of carbonyl (C=O) groups is 1. The van der Waals surface area contributed by atoms with Crippen LogP contribution in [0.25, 0.3) is 0 Å². The van der Waals surface area contributed by atoms with Crippen molar-refractivity contribution < 1.29 is 14.3 Å². The summed E-state index contributed by atoms with van der Waals surface area (Å²) in [6, 6.07) is 36.1. The third kappa shape index (κ3) is 3.58. The molecule has 29 heavy (non-hydrogen) atoms. The molecule has 0 aromatic heterocycles. The number of aromatic hydroxyl groups is 1. The predicted molar refractivity (Wildman–Crippen MR) is 118 cm³/mol. The first kappa shape index (κ1) is 18.7. The number of benzene rings is 4. The van der Waals surface area contributed by atoms with Crippen LogP contribution >= 0.6 is 0 Å². The van der Waals surface area contributed by atoms with Crippen LogP contribution in [0, 0.1) is 0 Å². The van der Waals surface area contributed by atoms with Crippen molar-refractivity contribution in [1.29, 1.82) is 0 Å². The van der Waals surface area contributed by atoms with E-state index in [0.29, 0.717) is 0 Å². The lowest BCUT2D eigenvalue weighted by Crippen LogP contribution is -2.70. The van der Waals surface area contributed by atoms with E-state index in [9.17, 15) is 9.90 Å². The van der Waals surface area contributed by atoms with Gasteiger partial charge in [0.1, 0.15) is 5.75 Å². The molecular weight excluding hydrogens is 376 g/mol. The van der Waals surface area contributed by atoms with E-state index in [4.69, 9.17) is 4.43 Å². The number of phenols is 1. The number of para-hydroxylation sites is 1. The third-order valence-electron chi connectivity index (χ3n) is 4.91. The predicted octanol–water partition coefficient (Wildman–Crippen LogP) is 3.22. The molecule has 0 atom stereocenters. The van der Waals surface area contributed by atoms with E-state index >= 15 is 0 Å². The largest absolute Gasteiger partial charge is 0.507 e. The Labute approximate surface area is 171 Å². The van der Waals surface area contributed by atoms with Gasteiger partial charge >= 0.3 is 14.3 Å². The maximum atomic E-state index is 13.3. The Bertz CT molecular complexity index is 1000. The molecule has 4 heteroatoms. The summed E-state index contributed by atoms with van der Waals surface area (Å²) >= 11 is 0. The maximum absolute atomic E-state index is 13.3. The van der Waals surface area contributed by atoms with E-state index in [1.54, 1.807) is 18.2 Å². The Balaban J connectivity index is 1.95. The van der Waals surface area contributed by atoms with Crippen molar-refractivity contribution in [3.05, 3.63) is 121 Å². The van der Waals surface area contributed by atoms with Gasteiger partial charge in [0.15, 0.2) is 0 Å². The van der Waals surface area contributed by atoms with Gasteiger partial charge in [-0.3, -0.25) is 0 Å². The van der Waals surface area contributed by atoms with Crippen LogP contribution < -0.4 is 15.6 Å². The highest BCUT2D eigenvalue weighted by molar-refractivity contribution is 7.07. The van der Waals surface area contributed by atoms with Crippen LogP contribution in [0.2, 0.25) is 0 Å². The van der Waals surface area contributed by atoms with Crippen LogP contribution in [0.1, 0.15) is 10.4 Å². The van der Waals surface area contributed by atoms with E-state index in [2.05, 4.69) is 0 Å². The average molecular weight is 397 g/mol. The zero-order valence-electron chi connectivity index (χ0n) is 15.7. The first-order chi connectivity index (χ1) is 14.2. The SMILES string of the molecule is O=C(O[Si](c1ccccc1)(c1ccccc1)c1ccccc1)c1ccccc1O. The minimum Gasteiger partial charge on any atom is -0.507 e. The summed E-state index contributed by atoms with van der Waals surface area (Å²) in [5, 5.41) is 13.1. The second kappa shape index (κ2) is 8.16. The highest BCUT2D eigenvalue weighted by Crippen LogP contribution is 2.19. The molecule has 0 fully saturated rings. The molecule has 0 spiro atoms. The minimum absolute atomic E-state index is 0.0883. The Morgan fingerprint density at radius 1 is 0.586 bits per heavy atom. The van der Waals surface area contributed by atoms with Crippen molar-refractivity contribution in [1.82, 2.24) is 0 Å². The van der Waals surface area contributed by atoms with Crippen molar-refractivity contribution >= 4 is 29.8 Å². The van der Waals surface area contributed by atoms with Crippen molar-refractivity contribution in [3.63, 3.8) is 0 Å². The molecule has 0 radical (unpaired) electrons. The molecule has 0 saturated heterocycles. The third-order valence-corrected chi connectivity index (χ3v) is 8.84. The van der Waals surface area contributed by atoms with Crippen molar-refractivity contribution in [3.8, 4) is 5.75 Å². The maximum Gasteiger partial charge on any atom is 0.350 e. The number of carbonyl (C=O) groups excluding carboxylic acids is 1. The lowest BCUT2D eigenvalue weighted by Gasteiger charge is -2.32. The first-order valence-electron chi connectivity index (χ1n) is 9.40. The van der Waals surface area contributed by atoms with Gasteiger partial charge in [0.2, 0.25) is 0 Å². The lowest BCUT2D eigenvalue weighted by molar-refractivity contribution is 0.0729. The van der Waals surface area contributed by atoms with Crippen molar-refractivity contribution in [2.45, 2.75) is 0 Å². The second-order valence-electron chi connectivity index (χ2n) is 6.69. The fraction of sp³-hybridized carbons (Fsp3) is 0. The summed E-state index contributed by atoms with van der Waals surface area (Å²) in [6.07, 6.45) is 0. The minimum atomic E-state index is -3.15. The first-order valence-corrected chi connectivity index (χ1v) is 11.3. The molecule has 1 N–H and O–H groups in total. The molecule has 0 aliphatic carbocycles. The van der Waals surface area contributed by atoms with Gasteiger partial charge in [0, 0.05) is 0 Å². The van der Waals surface area contributed by atoms with Crippen molar-refractivity contribution in [2.75, 3.05) is 0 Å². The van der Waals surface area contributed by atoms with Crippen LogP contribution in [-0.2, 0) is 4.43 Å². The molecule has 3 nitrogen and oxygen atoms in total. The Morgan fingerprint density at radius 2 is 0.966 bits per heavy atom. The van der Waals surface area contributed by atoms with Gasteiger partial charge in [-0.2, -0.15) is 0 Å². The van der Waals surface area contributed by atoms with Gasteiger partial charge in [0.05, 0.1) is 5.56 Å². The summed E-state index contributed by atoms with van der Waals surface area (Å²) < 4.78 is 6.40. The number of hydrogen-bond acceptors (Lipinski definition) is 3. The summed E-state index contributed by atoms with van der Waals surface area (Å²) in [7, 11) is -3.15. The molecule has 0 amide bonds. The zero-order valence-corrected chi connectivity index (χ0v) is 16.7. The van der Waals surface area contributed by atoms with Crippen molar-refractivity contribution in [2.24, 2.45) is 0 Å². The quantitative estimate of drug-likeness (QED) is 0.416. The number of rotatable bonds is 5. The molecule has 4 rings (SSSR count). The summed E-state index contributed by atoms with van der Waals surface area (Å²) in [6.45, 7) is 0. The smallest absolute Gasteiger partial charge is 0.350 e.